The van der Waals surface area contributed by atoms with Crippen molar-refractivity contribution in [2.75, 3.05) is 36.0 Å². The fourth-order valence-corrected chi connectivity index (χ4v) is 108. The van der Waals surface area contributed by atoms with Gasteiger partial charge in [0.15, 0.2) is 0 Å². The summed E-state index contributed by atoms with van der Waals surface area (Å²) in [4.78, 5) is 18.9. The van der Waals surface area contributed by atoms with Crippen molar-refractivity contribution in [2.24, 2.45) is 47.3 Å². The number of benzene rings is 2. The molecule has 8 saturated carbocycles. The van der Waals surface area contributed by atoms with Crippen molar-refractivity contribution >= 4 is 98.5 Å². The Morgan fingerprint density at radius 1 is 0.331 bits per heavy atom. The molecule has 10 nitrogen and oxygen atoms in total. The van der Waals surface area contributed by atoms with Gasteiger partial charge in [-0.1, -0.05) is 415 Å². The average Bonchev–Trinajstić information content (AvgIpc) is 1.02. The molecule has 8 fully saturated rings. The largest absolute Gasteiger partial charge is 0.371 e. The van der Waals surface area contributed by atoms with Crippen LogP contribution in [0.1, 0.15) is 516 Å². The third kappa shape index (κ3) is 59.8. The van der Waals surface area contributed by atoms with Gasteiger partial charge in [-0.05, 0) is 244 Å². The third-order valence-corrected chi connectivity index (χ3v) is 77.9. The van der Waals surface area contributed by atoms with Crippen molar-refractivity contribution in [3.63, 3.8) is 0 Å². The zero-order chi connectivity index (χ0) is 106. The van der Waals surface area contributed by atoms with Crippen molar-refractivity contribution < 1.29 is 0 Å². The molecular weight excluding hydrogens is 1920 g/mol. The zero-order valence-electron chi connectivity index (χ0n) is 93.9. The summed E-state index contributed by atoms with van der Waals surface area (Å²) in [6, 6.07) is 17.1. The monoisotopic (exact) mass is 2120 g/mol. The first kappa shape index (κ1) is 138. The van der Waals surface area contributed by atoms with Crippen LogP contribution in [0, 0.1) is 170 Å². The van der Waals surface area contributed by atoms with Gasteiger partial charge >= 0.3 is 0 Å². The molecule has 0 spiro atoms. The van der Waals surface area contributed by atoms with Gasteiger partial charge in [0.25, 0.3) is 22.8 Å². The van der Waals surface area contributed by atoms with Crippen LogP contribution in [0.5, 0.6) is 0 Å². The summed E-state index contributed by atoms with van der Waals surface area (Å²) in [6.45, 7) is 73.1. The molecule has 0 aromatic heterocycles. The number of nitriles is 4. The van der Waals surface area contributed by atoms with E-state index in [1.807, 2.05) is 26.0 Å². The Bertz CT molecular complexity index is 4080. The van der Waals surface area contributed by atoms with Crippen LogP contribution in [0.15, 0.2) is 63.8 Å². The molecule has 0 radical (unpaired) electrons. The van der Waals surface area contributed by atoms with Crippen LogP contribution in [0.25, 0.3) is 25.0 Å². The van der Waals surface area contributed by atoms with Gasteiger partial charge < -0.3 is 9.80 Å². The molecule has 0 bridgehead atoms. The molecule has 0 saturated heterocycles. The Balaban J connectivity index is 0.00000173. The molecule has 2 aromatic carbocycles. The topological polar surface area (TPSA) is 119 Å². The number of nitrogens with zero attached hydrogens (tertiary/aromatic N) is 10. The lowest BCUT2D eigenvalue weighted by Crippen LogP contribution is -2.27. The highest BCUT2D eigenvalue weighted by molar-refractivity contribution is 9.16. The van der Waals surface area contributed by atoms with E-state index in [1.165, 1.54) is 311 Å². The predicted octanol–water partition coefficient (Wildman–Crippen LogP) is 43.8. The fraction of sp³-hybridized carbons (Fsp3) is 0.738. The highest BCUT2D eigenvalue weighted by Gasteiger charge is 2.33. The van der Waals surface area contributed by atoms with Gasteiger partial charge in [-0.2, -0.15) is 0 Å². The van der Waals surface area contributed by atoms with E-state index in [0.29, 0.717) is 28.2 Å². The SMILES string of the molecule is C1CCC(C2CCCC2)C1.C1CCC(C2CCCC2)C1.CC#CC1CCCC1.CCC.CCC.CCC.CCC.CCCCCCCCN(CCCCCCCC)c1cc(C#CC2CCCC2)c(C)cc1C.PP(P)P(P(P)P)P(P)P.[C-]#[N+]/C(C#N)=C(\C(=C(/C#N)[N+]#[C-])C1CCCC1)c1cc(N(CCCCCCCC)CCCCCCCC)c(C)cc1C.[C-]#[N+]/C(C#N)=C(\C(C)=C(/C#N)[N+]#[C-])C1CCCC1. The molecule has 2 aromatic rings. The van der Waals surface area contributed by atoms with Crippen LogP contribution in [-0.2, 0) is 0 Å². The van der Waals surface area contributed by atoms with Crippen molar-refractivity contribution in [1.82, 2.24) is 0 Å². The maximum atomic E-state index is 10.1. The number of allylic oxidation sites excluding steroid dienone is 8. The molecule has 10 rings (SSSR count). The van der Waals surface area contributed by atoms with Crippen molar-refractivity contribution in [1.29, 1.82) is 21.0 Å². The quantitative estimate of drug-likeness (QED) is 0.0164. The third-order valence-electron chi connectivity index (χ3n) is 28.4. The van der Waals surface area contributed by atoms with Gasteiger partial charge in [0.2, 0.25) is 0 Å². The highest BCUT2D eigenvalue weighted by Crippen LogP contribution is 3.10. The minimum Gasteiger partial charge on any atom is -0.371 e. The summed E-state index contributed by atoms with van der Waals surface area (Å²) in [5, 5.41) is 38.0. The average molecular weight is 2120 g/mol. The number of aryl methyl sites for hydroxylation is 4. The van der Waals surface area contributed by atoms with Crippen molar-refractivity contribution in [2.45, 2.75) is 510 Å². The van der Waals surface area contributed by atoms with E-state index < -0.39 is 0 Å². The Kier molecular flexibility index (Phi) is 89.9. The predicted molar refractivity (Wildman–Crippen MR) is 658 cm³/mol. The van der Waals surface area contributed by atoms with Gasteiger partial charge in [-0.25, -0.2) is 40.4 Å². The number of hydrogen-bond acceptors (Lipinski definition) is 6. The molecule has 20 heteroatoms. The molecule has 8 aliphatic rings. The zero-order valence-corrected chi connectivity index (χ0v) is 104. The smallest absolute Gasteiger partial charge is 0.268 e. The van der Waals surface area contributed by atoms with E-state index in [0.717, 1.165) is 124 Å². The van der Waals surface area contributed by atoms with Crippen LogP contribution in [0.3, 0.4) is 0 Å². The summed E-state index contributed by atoms with van der Waals surface area (Å²) >= 11 is 0. The molecule has 0 aliphatic heterocycles. The number of rotatable bonds is 40. The molecule has 8 aliphatic carbocycles. The maximum Gasteiger partial charge on any atom is 0.268 e. The van der Waals surface area contributed by atoms with E-state index in [2.05, 4.69) is 247 Å². The van der Waals surface area contributed by atoms with E-state index in [4.69, 9.17) is 36.8 Å². The van der Waals surface area contributed by atoms with Gasteiger partial charge in [-0.3, -0.25) is 0 Å². The molecule has 0 heterocycles. The lowest BCUT2D eigenvalue weighted by atomic mass is 9.82. The maximum absolute atomic E-state index is 10.1. The number of anilines is 2. The summed E-state index contributed by atoms with van der Waals surface area (Å²) in [5.74, 6) is 19.5. The highest BCUT2D eigenvalue weighted by atomic mass is 33.2. The number of hydrogen-bond donors (Lipinski definition) is 0. The lowest BCUT2D eigenvalue weighted by molar-refractivity contribution is 0.347. The molecule has 142 heavy (non-hydrogen) atoms. The first-order chi connectivity index (χ1) is 68.8. The van der Waals surface area contributed by atoms with Gasteiger partial charge in [0.05, 0.1) is 50.6 Å². The number of unbranched alkanes of at least 4 members (excludes halogenated alkanes) is 20. The van der Waals surface area contributed by atoms with E-state index >= 15 is 0 Å². The van der Waals surface area contributed by atoms with Crippen LogP contribution in [-0.4, -0.2) is 26.2 Å². The van der Waals surface area contributed by atoms with Crippen LogP contribution in [0.4, 0.5) is 11.4 Å². The molecule has 6 atom stereocenters. The molecule has 6 unspecified atom stereocenters. The second-order valence-corrected chi connectivity index (χ2v) is 77.7. The summed E-state index contributed by atoms with van der Waals surface area (Å²) in [5.41, 5.74) is 11.8. The van der Waals surface area contributed by atoms with Crippen molar-refractivity contribution in [3.8, 4) is 48.0 Å². The summed E-state index contributed by atoms with van der Waals surface area (Å²) in [7, 11) is 17.7. The molecular formula is C122H206N10P10. The van der Waals surface area contributed by atoms with Gasteiger partial charge in [0.1, 0.15) is 0 Å². The Hall–Kier alpha value is -3.66. The van der Waals surface area contributed by atoms with Gasteiger partial charge in [-0.15, -0.1) is 65.4 Å². The van der Waals surface area contributed by atoms with Crippen LogP contribution >= 0.6 is 81.5 Å². The Morgan fingerprint density at radius 2 is 0.592 bits per heavy atom. The standard InChI is InChI=1S/C37H51N5.C31H51N.C14H12N4.2C10H18.C8H12.4C3H8.H12P10/c1-7-9-11-13-15-19-23-42(24-20-16-14-12-10-8-2)35-26-32(29(3)25-30(35)4)37(34(28-39)41-6)36(33(27-38)40-5)31-21-17-18-22-31;1-5-7-9-11-13-17-23-32(24-18-14-12-10-8-6-2)31-26-30(27(3)25-28(31)4)22-21-29-19-15-16-20-29;1-10(12(8-15)17-2)14(13(9-16)18-3)11-6-4-5-7-11;2*1-2-6-9(5-1)10-7-3-4-8-10;1-2-5-8-6-3-4-7-8;4*1-3-2;1-7(2)10(8(3)4)9(5)6/h25-26,31H,7-24H2,1-4H3;25-26,29H,5-20,23-24H2,1-4H3;11H,4-7H2,1H3;2*9-10H,1-8H2;8H,3-4,6-7H2,1H3;4*3H2,1-2H3;1-6H2/b36-33+,37-34-;;12-10+,14-13+;;;;;;;;. The first-order valence-electron chi connectivity index (χ1n) is 57.2. The van der Waals surface area contributed by atoms with Crippen LogP contribution in [0.2, 0.25) is 0 Å². The normalized spacial score (nSPS) is 16.3. The first-order valence-corrected chi connectivity index (χ1v) is 74.4. The Labute approximate surface area is 896 Å². The minimum absolute atomic E-state index is 0.0142. The van der Waals surface area contributed by atoms with E-state index in [1.54, 1.807) is 58.3 Å². The Morgan fingerprint density at radius 3 is 0.873 bits per heavy atom. The molecule has 0 amide bonds. The second kappa shape index (κ2) is 92.3. The fourth-order valence-electron chi connectivity index (χ4n) is 21.2. The minimum atomic E-state index is -0.0235. The molecule has 794 valence electrons. The van der Waals surface area contributed by atoms with Gasteiger partial charge in [0, 0.05) is 55.0 Å². The van der Waals surface area contributed by atoms with E-state index in [9.17, 15) is 10.5 Å². The summed E-state index contributed by atoms with van der Waals surface area (Å²) in [6.07, 6.45) is 79.6. The van der Waals surface area contributed by atoms with Crippen LogP contribution < -0.4 is 9.80 Å². The van der Waals surface area contributed by atoms with E-state index in [-0.39, 0.29) is 62.6 Å². The van der Waals surface area contributed by atoms with Crippen molar-refractivity contribution in [3.05, 3.63) is 143 Å². The lowest BCUT2D eigenvalue weighted by Gasteiger charge is -2.29. The summed E-state index contributed by atoms with van der Waals surface area (Å²) < 4.78 is 0. The second-order valence-electron chi connectivity index (χ2n) is 41.1. The molecule has 0 N–H and O–H groups in total.